The number of hydrogen-bond acceptors (Lipinski definition) is 3. The molecule has 0 aromatic heterocycles. The molecule has 0 aliphatic rings. The second-order valence-corrected chi connectivity index (χ2v) is 4.95. The van der Waals surface area contributed by atoms with E-state index in [1.807, 2.05) is 0 Å². The Morgan fingerprint density at radius 1 is 1.23 bits per heavy atom. The van der Waals surface area contributed by atoms with Crippen molar-refractivity contribution < 1.29 is 23.5 Å². The third-order valence-electron chi connectivity index (χ3n) is 3.19. The lowest BCUT2D eigenvalue weighted by molar-refractivity contribution is -0.123. The van der Waals surface area contributed by atoms with Gasteiger partial charge in [-0.15, -0.1) is 0 Å². The topological polar surface area (TPSA) is 78.4 Å². The highest BCUT2D eigenvalue weighted by molar-refractivity contribution is 5.79. The molecule has 5 nitrogen and oxygen atoms in total. The average molecular weight is 314 g/mol. The van der Waals surface area contributed by atoms with Gasteiger partial charge in [0.05, 0.1) is 25.1 Å². The third kappa shape index (κ3) is 5.07. The molecule has 0 aliphatic heterocycles. The highest BCUT2D eigenvalue weighted by atomic mass is 19.1. The number of nitrogens with one attached hydrogen (secondary N) is 2. The molecule has 0 radical (unpaired) electrons. The van der Waals surface area contributed by atoms with Crippen LogP contribution in [-0.2, 0) is 9.59 Å². The fourth-order valence-corrected chi connectivity index (χ4v) is 2.06. The van der Waals surface area contributed by atoms with Gasteiger partial charge in [0.15, 0.2) is 0 Å². The molecule has 1 aromatic rings. The third-order valence-corrected chi connectivity index (χ3v) is 3.19. The Hall–Kier alpha value is -2.02. The molecule has 0 aliphatic carbocycles. The Bertz CT molecular complexity index is 513. The predicted molar refractivity (Wildman–Crippen MR) is 76.8 cm³/mol. The van der Waals surface area contributed by atoms with E-state index in [1.54, 1.807) is 6.92 Å². The lowest BCUT2D eigenvalue weighted by Crippen LogP contribution is -2.40. The number of halogens is 2. The first-order valence-corrected chi connectivity index (χ1v) is 7.00. The molecule has 0 bridgehead atoms. The molecule has 1 rings (SSSR count). The summed E-state index contributed by atoms with van der Waals surface area (Å²) in [7, 11) is 0. The lowest BCUT2D eigenvalue weighted by Gasteiger charge is -2.21. The molecule has 2 unspecified atom stereocenters. The summed E-state index contributed by atoms with van der Waals surface area (Å²) >= 11 is 0. The Morgan fingerprint density at radius 2 is 1.82 bits per heavy atom. The van der Waals surface area contributed by atoms with Crippen molar-refractivity contribution in [3.63, 3.8) is 0 Å². The molecule has 0 spiro atoms. The van der Waals surface area contributed by atoms with Crippen LogP contribution in [0.1, 0.15) is 38.3 Å². The van der Waals surface area contributed by atoms with E-state index in [-0.39, 0.29) is 18.6 Å². The van der Waals surface area contributed by atoms with Gasteiger partial charge in [0.2, 0.25) is 11.8 Å². The number of rotatable bonds is 7. The van der Waals surface area contributed by atoms with Crippen molar-refractivity contribution >= 4 is 11.8 Å². The maximum Gasteiger partial charge on any atom is 0.222 e. The van der Waals surface area contributed by atoms with Gasteiger partial charge in [0.1, 0.15) is 11.6 Å². The fourth-order valence-electron chi connectivity index (χ4n) is 2.06. The van der Waals surface area contributed by atoms with Crippen LogP contribution in [0.5, 0.6) is 0 Å². The molecule has 122 valence electrons. The van der Waals surface area contributed by atoms with E-state index < -0.39 is 35.5 Å². The van der Waals surface area contributed by atoms with E-state index in [0.29, 0.717) is 6.42 Å². The average Bonchev–Trinajstić information content (AvgIpc) is 2.43. The highest BCUT2D eigenvalue weighted by Gasteiger charge is 2.24. The van der Waals surface area contributed by atoms with Crippen molar-refractivity contribution in [3.05, 3.63) is 35.4 Å². The van der Waals surface area contributed by atoms with Gasteiger partial charge in [-0.2, -0.15) is 0 Å². The van der Waals surface area contributed by atoms with Crippen LogP contribution >= 0.6 is 0 Å². The zero-order chi connectivity index (χ0) is 16.7. The Kier molecular flexibility index (Phi) is 6.91. The lowest BCUT2D eigenvalue weighted by atomic mass is 10.0. The summed E-state index contributed by atoms with van der Waals surface area (Å²) in [6.07, 6.45) is 0.190. The molecule has 0 saturated carbocycles. The summed E-state index contributed by atoms with van der Waals surface area (Å²) in [6.45, 7) is 2.75. The summed E-state index contributed by atoms with van der Waals surface area (Å²) in [5, 5.41) is 14.0. The quantitative estimate of drug-likeness (QED) is 0.712. The van der Waals surface area contributed by atoms with Crippen LogP contribution in [0.2, 0.25) is 0 Å². The van der Waals surface area contributed by atoms with Crippen LogP contribution < -0.4 is 10.6 Å². The molecule has 22 heavy (non-hydrogen) atoms. The van der Waals surface area contributed by atoms with Crippen molar-refractivity contribution in [1.29, 1.82) is 0 Å². The van der Waals surface area contributed by atoms with Crippen LogP contribution in [-0.4, -0.2) is 29.6 Å². The normalized spacial score (nSPS) is 13.3. The summed E-state index contributed by atoms with van der Waals surface area (Å²) in [6, 6.07) is 1.78. The molecule has 1 aromatic carbocycles. The minimum atomic E-state index is -1.12. The number of amides is 2. The molecule has 3 N–H and O–H groups in total. The summed E-state index contributed by atoms with van der Waals surface area (Å²) < 4.78 is 27.7. The highest BCUT2D eigenvalue weighted by Crippen LogP contribution is 2.23. The van der Waals surface area contributed by atoms with Crippen molar-refractivity contribution in [2.75, 3.05) is 6.61 Å². The predicted octanol–water partition coefficient (Wildman–Crippen LogP) is 1.42. The largest absolute Gasteiger partial charge is 0.394 e. The van der Waals surface area contributed by atoms with Crippen molar-refractivity contribution in [3.8, 4) is 0 Å². The van der Waals surface area contributed by atoms with Crippen LogP contribution in [0.15, 0.2) is 18.2 Å². The number of hydrogen-bond donors (Lipinski definition) is 3. The molecule has 7 heteroatoms. The first-order valence-electron chi connectivity index (χ1n) is 7.00. The molecule has 2 atom stereocenters. The number of carbonyl (C=O) groups excluding carboxylic acids is 2. The number of aliphatic hydroxyl groups excluding tert-OH is 1. The molecule has 2 amide bonds. The van der Waals surface area contributed by atoms with Crippen LogP contribution in [0.3, 0.4) is 0 Å². The molecule has 0 fully saturated rings. The summed E-state index contributed by atoms with van der Waals surface area (Å²) in [5.74, 6) is -2.68. The van der Waals surface area contributed by atoms with Crippen LogP contribution in [0.25, 0.3) is 0 Å². The van der Waals surface area contributed by atoms with E-state index in [9.17, 15) is 18.4 Å². The minimum absolute atomic E-state index is 0.235. The molecule has 0 heterocycles. The second-order valence-electron chi connectivity index (χ2n) is 4.95. The first-order chi connectivity index (χ1) is 10.4. The van der Waals surface area contributed by atoms with Gasteiger partial charge < -0.3 is 15.7 Å². The van der Waals surface area contributed by atoms with Gasteiger partial charge in [0, 0.05) is 12.5 Å². The van der Waals surface area contributed by atoms with Gasteiger partial charge >= 0.3 is 0 Å². The van der Waals surface area contributed by atoms with E-state index in [0.717, 1.165) is 12.1 Å². The van der Waals surface area contributed by atoms with E-state index in [4.69, 9.17) is 5.11 Å². The second kappa shape index (κ2) is 8.43. The molecule has 0 saturated heterocycles. The summed E-state index contributed by atoms with van der Waals surface area (Å²) in [4.78, 5) is 23.2. The maximum absolute atomic E-state index is 13.8. The van der Waals surface area contributed by atoms with E-state index in [1.165, 1.54) is 13.0 Å². The van der Waals surface area contributed by atoms with Crippen LogP contribution in [0, 0.1) is 11.6 Å². The SMILES string of the molecule is CCC(CO)NC(=O)CC(NC(C)=O)c1c(F)cccc1F. The fraction of sp³-hybridized carbons (Fsp3) is 0.467. The van der Waals surface area contributed by atoms with Crippen LogP contribution in [0.4, 0.5) is 8.78 Å². The zero-order valence-electron chi connectivity index (χ0n) is 12.5. The number of benzene rings is 1. The number of aliphatic hydroxyl groups is 1. The van der Waals surface area contributed by atoms with E-state index >= 15 is 0 Å². The molecular formula is C15H20F2N2O3. The minimum Gasteiger partial charge on any atom is -0.394 e. The van der Waals surface area contributed by atoms with Crippen molar-refractivity contribution in [1.82, 2.24) is 10.6 Å². The zero-order valence-corrected chi connectivity index (χ0v) is 12.5. The standard InChI is InChI=1S/C15H20F2N2O3/c1-3-10(8-20)19-14(22)7-13(18-9(2)21)15-11(16)5-4-6-12(15)17/h4-6,10,13,20H,3,7-8H2,1-2H3,(H,18,21)(H,19,22). The van der Waals surface area contributed by atoms with Gasteiger partial charge in [0.25, 0.3) is 0 Å². The Balaban J connectivity index is 2.94. The summed E-state index contributed by atoms with van der Waals surface area (Å²) in [5.41, 5.74) is -0.357. The Labute approximate surface area is 127 Å². The maximum atomic E-state index is 13.8. The van der Waals surface area contributed by atoms with Gasteiger partial charge in [-0.3, -0.25) is 9.59 Å². The van der Waals surface area contributed by atoms with Gasteiger partial charge in [-0.25, -0.2) is 8.78 Å². The first kappa shape index (κ1) is 18.0. The van der Waals surface area contributed by atoms with Crippen molar-refractivity contribution in [2.45, 2.75) is 38.8 Å². The Morgan fingerprint density at radius 3 is 2.27 bits per heavy atom. The monoisotopic (exact) mass is 314 g/mol. The molecular weight excluding hydrogens is 294 g/mol. The smallest absolute Gasteiger partial charge is 0.222 e. The van der Waals surface area contributed by atoms with Gasteiger partial charge in [-0.1, -0.05) is 13.0 Å². The number of carbonyl (C=O) groups is 2. The van der Waals surface area contributed by atoms with Crippen molar-refractivity contribution in [2.24, 2.45) is 0 Å². The van der Waals surface area contributed by atoms with E-state index in [2.05, 4.69) is 10.6 Å². The van der Waals surface area contributed by atoms with Gasteiger partial charge in [-0.05, 0) is 18.6 Å².